The Morgan fingerprint density at radius 1 is 1.15 bits per heavy atom. The number of likely N-dealkylation sites (tertiary alicyclic amines) is 1. The van der Waals surface area contributed by atoms with Gasteiger partial charge < -0.3 is 9.73 Å². The van der Waals surface area contributed by atoms with Crippen LogP contribution in [0.15, 0.2) is 47.0 Å². The summed E-state index contributed by atoms with van der Waals surface area (Å²) in [5, 5.41) is 12.0. The van der Waals surface area contributed by atoms with Crippen molar-refractivity contribution in [3.63, 3.8) is 0 Å². The molecule has 0 radical (unpaired) electrons. The zero-order valence-electron chi connectivity index (χ0n) is 15.9. The topological polar surface area (TPSA) is 67.1 Å². The van der Waals surface area contributed by atoms with Crippen LogP contribution in [0, 0.1) is 6.92 Å². The molecule has 1 aliphatic heterocycles. The Hall–Kier alpha value is -2.73. The van der Waals surface area contributed by atoms with Crippen LogP contribution < -0.4 is 5.32 Å². The first-order chi connectivity index (χ1) is 13.2. The number of hydrogen-bond donors (Lipinski definition) is 1. The molecule has 6 nitrogen and oxygen atoms in total. The Bertz CT molecular complexity index is 890. The number of likely N-dealkylation sites (N-methyl/N-ethyl adjacent to an activating group) is 1. The number of aryl methyl sites for hydroxylation is 1. The monoisotopic (exact) mass is 363 g/mol. The number of anilines is 1. The van der Waals surface area contributed by atoms with Crippen LogP contribution in [-0.4, -0.2) is 45.8 Å². The van der Waals surface area contributed by atoms with E-state index in [9.17, 15) is 0 Å². The van der Waals surface area contributed by atoms with Gasteiger partial charge in [-0.1, -0.05) is 24.6 Å². The van der Waals surface area contributed by atoms with Gasteiger partial charge in [0.25, 0.3) is 5.89 Å². The zero-order valence-corrected chi connectivity index (χ0v) is 15.9. The normalized spacial score (nSPS) is 17.3. The first kappa shape index (κ1) is 17.7. The van der Waals surface area contributed by atoms with Gasteiger partial charge in [-0.15, -0.1) is 10.2 Å². The quantitative estimate of drug-likeness (QED) is 0.714. The van der Waals surface area contributed by atoms with Crippen molar-refractivity contribution in [3.05, 3.63) is 48.2 Å². The summed E-state index contributed by atoms with van der Waals surface area (Å²) in [6, 6.07) is 12.5. The molecule has 140 valence electrons. The van der Waals surface area contributed by atoms with Gasteiger partial charge in [0.15, 0.2) is 0 Å². The SMILES string of the molecule is CCN1CCC[C@@H]1CNc1ncccc1-c1nnc(-c2ccc(C)cc2)o1. The van der Waals surface area contributed by atoms with E-state index in [-0.39, 0.29) is 0 Å². The molecule has 0 unspecified atom stereocenters. The minimum absolute atomic E-state index is 0.486. The molecule has 1 aliphatic rings. The molecule has 0 bridgehead atoms. The highest BCUT2D eigenvalue weighted by molar-refractivity contribution is 5.69. The zero-order chi connectivity index (χ0) is 18.6. The van der Waals surface area contributed by atoms with Gasteiger partial charge in [-0.05, 0) is 57.1 Å². The summed E-state index contributed by atoms with van der Waals surface area (Å²) in [6.07, 6.45) is 4.27. The van der Waals surface area contributed by atoms with Crippen LogP contribution in [0.25, 0.3) is 22.9 Å². The molecule has 0 spiro atoms. The van der Waals surface area contributed by atoms with Gasteiger partial charge in [0.2, 0.25) is 5.89 Å². The number of nitrogens with one attached hydrogen (secondary N) is 1. The maximum atomic E-state index is 5.94. The second-order valence-corrected chi connectivity index (χ2v) is 6.98. The summed E-state index contributed by atoms with van der Waals surface area (Å²) in [5.74, 6) is 1.80. The van der Waals surface area contributed by atoms with E-state index in [2.05, 4.69) is 39.2 Å². The Balaban J connectivity index is 1.53. The maximum Gasteiger partial charge on any atom is 0.251 e. The molecule has 2 aromatic heterocycles. The second kappa shape index (κ2) is 7.88. The number of rotatable bonds is 6. The van der Waals surface area contributed by atoms with Crippen molar-refractivity contribution in [1.29, 1.82) is 0 Å². The highest BCUT2D eigenvalue weighted by Gasteiger charge is 2.23. The Morgan fingerprint density at radius 2 is 1.96 bits per heavy atom. The molecule has 1 fully saturated rings. The predicted molar refractivity (Wildman–Crippen MR) is 106 cm³/mol. The number of benzene rings is 1. The first-order valence-electron chi connectivity index (χ1n) is 9.58. The molecular weight excluding hydrogens is 338 g/mol. The van der Waals surface area contributed by atoms with Crippen LogP contribution >= 0.6 is 0 Å². The summed E-state index contributed by atoms with van der Waals surface area (Å²) in [6.45, 7) is 7.42. The van der Waals surface area contributed by atoms with Crippen molar-refractivity contribution in [2.45, 2.75) is 32.7 Å². The van der Waals surface area contributed by atoms with Crippen molar-refractivity contribution < 1.29 is 4.42 Å². The van der Waals surface area contributed by atoms with Crippen LogP contribution in [0.1, 0.15) is 25.3 Å². The molecule has 1 N–H and O–H groups in total. The summed E-state index contributed by atoms with van der Waals surface area (Å²) in [5.41, 5.74) is 2.96. The Morgan fingerprint density at radius 3 is 2.78 bits per heavy atom. The summed E-state index contributed by atoms with van der Waals surface area (Å²) < 4.78 is 5.94. The number of hydrogen-bond acceptors (Lipinski definition) is 6. The van der Waals surface area contributed by atoms with E-state index in [1.165, 1.54) is 24.9 Å². The molecule has 6 heteroatoms. The third-order valence-electron chi connectivity index (χ3n) is 5.17. The largest absolute Gasteiger partial charge is 0.416 e. The standard InChI is InChI=1S/C21H25N5O/c1-3-26-13-5-6-17(26)14-23-19-18(7-4-12-22-19)21-25-24-20(27-21)16-10-8-15(2)9-11-16/h4,7-12,17H,3,5-6,13-14H2,1-2H3,(H,22,23)/t17-/m1/s1. The van der Waals surface area contributed by atoms with Gasteiger partial charge in [0, 0.05) is 24.3 Å². The van der Waals surface area contributed by atoms with Gasteiger partial charge in [-0.25, -0.2) is 4.98 Å². The summed E-state index contributed by atoms with van der Waals surface area (Å²) in [7, 11) is 0. The minimum Gasteiger partial charge on any atom is -0.416 e. The third kappa shape index (κ3) is 3.85. The summed E-state index contributed by atoms with van der Waals surface area (Å²) in [4.78, 5) is 7.01. The fraction of sp³-hybridized carbons (Fsp3) is 0.381. The van der Waals surface area contributed by atoms with Crippen LogP contribution in [0.3, 0.4) is 0 Å². The molecule has 1 atom stereocenters. The molecule has 1 saturated heterocycles. The van der Waals surface area contributed by atoms with Gasteiger partial charge >= 0.3 is 0 Å². The van der Waals surface area contributed by atoms with Crippen LogP contribution in [0.4, 0.5) is 5.82 Å². The third-order valence-corrected chi connectivity index (χ3v) is 5.17. The number of nitrogens with zero attached hydrogens (tertiary/aromatic N) is 4. The average molecular weight is 363 g/mol. The Kier molecular flexibility index (Phi) is 5.16. The second-order valence-electron chi connectivity index (χ2n) is 6.98. The van der Waals surface area contributed by atoms with Crippen molar-refractivity contribution in [2.24, 2.45) is 0 Å². The first-order valence-corrected chi connectivity index (χ1v) is 9.58. The lowest BCUT2D eigenvalue weighted by molar-refractivity contribution is 0.277. The van der Waals surface area contributed by atoms with Crippen LogP contribution in [0.5, 0.6) is 0 Å². The van der Waals surface area contributed by atoms with E-state index in [1.54, 1.807) is 6.20 Å². The van der Waals surface area contributed by atoms with Crippen molar-refractivity contribution in [3.8, 4) is 22.9 Å². The maximum absolute atomic E-state index is 5.94. The Labute approximate surface area is 159 Å². The number of pyridine rings is 1. The van der Waals surface area contributed by atoms with Crippen molar-refractivity contribution in [2.75, 3.05) is 25.0 Å². The lowest BCUT2D eigenvalue weighted by Gasteiger charge is -2.23. The van der Waals surface area contributed by atoms with E-state index >= 15 is 0 Å². The highest BCUT2D eigenvalue weighted by atomic mass is 16.4. The molecular formula is C21H25N5O. The molecule has 27 heavy (non-hydrogen) atoms. The van der Waals surface area contributed by atoms with Gasteiger partial charge in [-0.2, -0.15) is 0 Å². The molecule has 1 aromatic carbocycles. The minimum atomic E-state index is 0.486. The van der Waals surface area contributed by atoms with Crippen LogP contribution in [-0.2, 0) is 0 Å². The van der Waals surface area contributed by atoms with Crippen molar-refractivity contribution >= 4 is 5.82 Å². The van der Waals surface area contributed by atoms with E-state index in [0.717, 1.165) is 30.0 Å². The molecule has 0 saturated carbocycles. The lowest BCUT2D eigenvalue weighted by Crippen LogP contribution is -2.34. The van der Waals surface area contributed by atoms with E-state index in [4.69, 9.17) is 4.42 Å². The van der Waals surface area contributed by atoms with E-state index < -0.39 is 0 Å². The fourth-order valence-electron chi connectivity index (χ4n) is 3.62. The molecule has 0 amide bonds. The van der Waals surface area contributed by atoms with Crippen molar-refractivity contribution in [1.82, 2.24) is 20.1 Å². The fourth-order valence-corrected chi connectivity index (χ4v) is 3.62. The lowest BCUT2D eigenvalue weighted by atomic mass is 10.1. The molecule has 3 aromatic rings. The van der Waals surface area contributed by atoms with Gasteiger partial charge in [-0.3, -0.25) is 4.90 Å². The van der Waals surface area contributed by atoms with E-state index in [0.29, 0.717) is 17.8 Å². The predicted octanol–water partition coefficient (Wildman–Crippen LogP) is 4.00. The smallest absolute Gasteiger partial charge is 0.251 e. The highest BCUT2D eigenvalue weighted by Crippen LogP contribution is 2.28. The summed E-state index contributed by atoms with van der Waals surface area (Å²) >= 11 is 0. The van der Waals surface area contributed by atoms with Crippen LogP contribution in [0.2, 0.25) is 0 Å². The van der Waals surface area contributed by atoms with Gasteiger partial charge in [0.1, 0.15) is 5.82 Å². The average Bonchev–Trinajstić information content (AvgIpc) is 3.36. The molecule has 3 heterocycles. The molecule has 0 aliphatic carbocycles. The molecule has 4 rings (SSSR count). The van der Waals surface area contributed by atoms with E-state index in [1.807, 2.05) is 36.4 Å². The van der Waals surface area contributed by atoms with Gasteiger partial charge in [0.05, 0.1) is 5.56 Å². The number of aromatic nitrogens is 3.